The third-order valence-electron chi connectivity index (χ3n) is 2.20. The largest absolute Gasteiger partial charge is 0.393 e. The van der Waals surface area contributed by atoms with Crippen LogP contribution in [0.3, 0.4) is 0 Å². The second-order valence-electron chi connectivity index (χ2n) is 3.60. The highest BCUT2D eigenvalue weighted by atomic mass is 35.5. The number of benzene rings is 1. The van der Waals surface area contributed by atoms with E-state index < -0.39 is 5.92 Å². The van der Waals surface area contributed by atoms with Crippen molar-refractivity contribution < 1.29 is 4.79 Å². The average Bonchev–Trinajstić information content (AvgIpc) is 2.20. The number of amides is 1. The molecule has 0 aliphatic rings. The molecule has 1 amide bonds. The molecule has 16 heavy (non-hydrogen) atoms. The van der Waals surface area contributed by atoms with Crippen molar-refractivity contribution in [1.82, 2.24) is 0 Å². The van der Waals surface area contributed by atoms with Crippen LogP contribution in [0, 0.1) is 12.8 Å². The topological polar surface area (TPSA) is 55.1 Å². The zero-order valence-electron chi connectivity index (χ0n) is 9.08. The number of thiocarbonyl (C=S) groups is 1. The molecule has 3 nitrogen and oxygen atoms in total. The Morgan fingerprint density at radius 3 is 2.69 bits per heavy atom. The smallest absolute Gasteiger partial charge is 0.234 e. The maximum absolute atomic E-state index is 11.7. The fraction of sp³-hybridized carbons (Fsp3) is 0.273. The third-order valence-corrected chi connectivity index (χ3v) is 2.87. The Hall–Kier alpha value is -1.13. The summed E-state index contributed by atoms with van der Waals surface area (Å²) in [6, 6.07) is 5.40. The lowest BCUT2D eigenvalue weighted by Crippen LogP contribution is -2.30. The first-order chi connectivity index (χ1) is 7.41. The molecule has 3 N–H and O–H groups in total. The maximum Gasteiger partial charge on any atom is 0.234 e. The Balaban J connectivity index is 2.81. The lowest BCUT2D eigenvalue weighted by Gasteiger charge is -2.12. The Kier molecular flexibility index (Phi) is 4.26. The van der Waals surface area contributed by atoms with Crippen molar-refractivity contribution in [3.8, 4) is 0 Å². The van der Waals surface area contributed by atoms with E-state index in [1.54, 1.807) is 19.1 Å². The summed E-state index contributed by atoms with van der Waals surface area (Å²) in [5.41, 5.74) is 6.99. The molecule has 0 bridgehead atoms. The second kappa shape index (κ2) is 5.27. The average molecular weight is 257 g/mol. The minimum atomic E-state index is -0.507. The van der Waals surface area contributed by atoms with E-state index in [-0.39, 0.29) is 10.9 Å². The summed E-state index contributed by atoms with van der Waals surface area (Å²) >= 11 is 10.7. The van der Waals surface area contributed by atoms with Crippen LogP contribution in [0.15, 0.2) is 18.2 Å². The van der Waals surface area contributed by atoms with E-state index in [1.807, 2.05) is 13.0 Å². The van der Waals surface area contributed by atoms with Gasteiger partial charge in [0.2, 0.25) is 5.91 Å². The summed E-state index contributed by atoms with van der Waals surface area (Å²) in [6.45, 7) is 3.58. The van der Waals surface area contributed by atoms with Crippen LogP contribution in [0.2, 0.25) is 5.02 Å². The van der Waals surface area contributed by atoms with Gasteiger partial charge < -0.3 is 11.1 Å². The van der Waals surface area contributed by atoms with E-state index in [4.69, 9.17) is 29.6 Å². The number of hydrogen-bond acceptors (Lipinski definition) is 2. The highest BCUT2D eigenvalue weighted by Gasteiger charge is 2.16. The van der Waals surface area contributed by atoms with Gasteiger partial charge in [-0.15, -0.1) is 0 Å². The molecule has 1 unspecified atom stereocenters. The van der Waals surface area contributed by atoms with E-state index in [0.717, 1.165) is 5.56 Å². The lowest BCUT2D eigenvalue weighted by atomic mass is 10.1. The van der Waals surface area contributed by atoms with Crippen LogP contribution >= 0.6 is 23.8 Å². The predicted octanol–water partition coefficient (Wildman–Crippen LogP) is 2.51. The molecule has 1 atom stereocenters. The molecular weight excluding hydrogens is 244 g/mol. The van der Waals surface area contributed by atoms with Crippen LogP contribution in [-0.2, 0) is 4.79 Å². The number of halogens is 1. The van der Waals surface area contributed by atoms with Crippen LogP contribution in [0.1, 0.15) is 12.5 Å². The SMILES string of the molecule is Cc1ccc(NC(=O)C(C)C(N)=S)c(Cl)c1. The van der Waals surface area contributed by atoms with Gasteiger partial charge in [0.15, 0.2) is 0 Å². The monoisotopic (exact) mass is 256 g/mol. The van der Waals surface area contributed by atoms with Crippen molar-refractivity contribution >= 4 is 40.4 Å². The second-order valence-corrected chi connectivity index (χ2v) is 4.48. The number of nitrogens with two attached hydrogens (primary N) is 1. The molecule has 0 heterocycles. The van der Waals surface area contributed by atoms with Gasteiger partial charge in [0.05, 0.1) is 21.6 Å². The maximum atomic E-state index is 11.7. The summed E-state index contributed by atoms with van der Waals surface area (Å²) in [7, 11) is 0. The van der Waals surface area contributed by atoms with Crippen LogP contribution < -0.4 is 11.1 Å². The van der Waals surface area contributed by atoms with Crippen LogP contribution in [0.4, 0.5) is 5.69 Å². The third kappa shape index (κ3) is 3.18. The summed E-state index contributed by atoms with van der Waals surface area (Å²) < 4.78 is 0. The summed E-state index contributed by atoms with van der Waals surface area (Å²) in [5.74, 6) is -0.759. The number of carbonyl (C=O) groups is 1. The molecule has 0 fully saturated rings. The fourth-order valence-corrected chi connectivity index (χ4v) is 1.48. The summed E-state index contributed by atoms with van der Waals surface area (Å²) in [6.07, 6.45) is 0. The first-order valence-corrected chi connectivity index (χ1v) is 5.56. The van der Waals surface area contributed by atoms with Crippen molar-refractivity contribution in [2.45, 2.75) is 13.8 Å². The molecule has 0 aliphatic heterocycles. The summed E-state index contributed by atoms with van der Waals surface area (Å²) in [5, 5.41) is 3.18. The van der Waals surface area contributed by atoms with Crippen molar-refractivity contribution in [3.05, 3.63) is 28.8 Å². The molecule has 0 saturated carbocycles. The van der Waals surface area contributed by atoms with Crippen LogP contribution in [0.25, 0.3) is 0 Å². The van der Waals surface area contributed by atoms with Gasteiger partial charge in [0.25, 0.3) is 0 Å². The van der Waals surface area contributed by atoms with Gasteiger partial charge in [-0.05, 0) is 31.5 Å². The number of hydrogen-bond donors (Lipinski definition) is 2. The Bertz CT molecular complexity index is 434. The minimum absolute atomic E-state index is 0.167. The number of aryl methyl sites for hydroxylation is 1. The molecule has 1 aromatic rings. The highest BCUT2D eigenvalue weighted by molar-refractivity contribution is 7.80. The van der Waals surface area contributed by atoms with Gasteiger partial charge in [-0.25, -0.2) is 0 Å². The molecule has 1 aromatic carbocycles. The normalized spacial score (nSPS) is 11.9. The molecular formula is C11H13ClN2OS. The van der Waals surface area contributed by atoms with Gasteiger partial charge >= 0.3 is 0 Å². The first-order valence-electron chi connectivity index (χ1n) is 4.78. The molecule has 0 radical (unpaired) electrons. The van der Waals surface area contributed by atoms with Crippen LogP contribution in [0.5, 0.6) is 0 Å². The standard InChI is InChI=1S/C11H13ClN2OS/c1-6-3-4-9(8(12)5-6)14-11(15)7(2)10(13)16/h3-5,7H,1-2H3,(H2,13,16)(H,14,15). The number of anilines is 1. The Labute approximate surface area is 105 Å². The molecule has 0 spiro atoms. The van der Waals surface area contributed by atoms with Gasteiger partial charge in [0, 0.05) is 0 Å². The predicted molar refractivity (Wildman–Crippen MR) is 70.8 cm³/mol. The molecule has 5 heteroatoms. The van der Waals surface area contributed by atoms with E-state index in [9.17, 15) is 4.79 Å². The van der Waals surface area contributed by atoms with E-state index in [2.05, 4.69) is 5.32 Å². The minimum Gasteiger partial charge on any atom is -0.393 e. The summed E-state index contributed by atoms with van der Waals surface area (Å²) in [4.78, 5) is 11.8. The zero-order chi connectivity index (χ0) is 12.3. The highest BCUT2D eigenvalue weighted by Crippen LogP contribution is 2.23. The number of rotatable bonds is 3. The molecule has 0 aromatic heterocycles. The molecule has 0 aliphatic carbocycles. The van der Waals surface area contributed by atoms with Crippen molar-refractivity contribution in [3.63, 3.8) is 0 Å². The van der Waals surface area contributed by atoms with Crippen molar-refractivity contribution in [2.75, 3.05) is 5.32 Å². The van der Waals surface area contributed by atoms with E-state index in [1.165, 1.54) is 0 Å². The first kappa shape index (κ1) is 12.9. The Morgan fingerprint density at radius 2 is 2.19 bits per heavy atom. The van der Waals surface area contributed by atoms with E-state index in [0.29, 0.717) is 10.7 Å². The fourth-order valence-electron chi connectivity index (χ4n) is 1.09. The van der Waals surface area contributed by atoms with Crippen molar-refractivity contribution in [2.24, 2.45) is 11.7 Å². The van der Waals surface area contributed by atoms with Crippen molar-refractivity contribution in [1.29, 1.82) is 0 Å². The van der Waals surface area contributed by atoms with Gasteiger partial charge in [0.1, 0.15) is 0 Å². The quantitative estimate of drug-likeness (QED) is 0.817. The van der Waals surface area contributed by atoms with Gasteiger partial charge in [-0.2, -0.15) is 0 Å². The molecule has 1 rings (SSSR count). The van der Waals surface area contributed by atoms with Crippen LogP contribution in [-0.4, -0.2) is 10.9 Å². The van der Waals surface area contributed by atoms with E-state index >= 15 is 0 Å². The number of carbonyl (C=O) groups excluding carboxylic acids is 1. The zero-order valence-corrected chi connectivity index (χ0v) is 10.7. The van der Waals surface area contributed by atoms with Gasteiger partial charge in [-0.1, -0.05) is 29.9 Å². The number of nitrogens with one attached hydrogen (secondary N) is 1. The lowest BCUT2D eigenvalue weighted by molar-refractivity contribution is -0.117. The van der Waals surface area contributed by atoms with Gasteiger partial charge in [-0.3, -0.25) is 4.79 Å². The molecule has 86 valence electrons. The molecule has 0 saturated heterocycles. The Morgan fingerprint density at radius 1 is 1.56 bits per heavy atom.